The molecule has 2 heterocycles. The Kier molecular flexibility index (Phi) is 4.37. The van der Waals surface area contributed by atoms with Crippen molar-refractivity contribution in [1.29, 1.82) is 0 Å². The fraction of sp³-hybridized carbons (Fsp3) is 0.471. The maximum atomic E-state index is 4.65. The summed E-state index contributed by atoms with van der Waals surface area (Å²) < 4.78 is 0. The molecule has 0 aliphatic heterocycles. The lowest BCUT2D eigenvalue weighted by Crippen LogP contribution is -2.35. The van der Waals surface area contributed by atoms with Crippen molar-refractivity contribution in [2.45, 2.75) is 53.6 Å². The van der Waals surface area contributed by atoms with E-state index in [2.05, 4.69) is 41.0 Å². The SMILES string of the molecule is Cc1cccnc1-c1nc(C)c(CNC(C)(C)C)c(C)n1. The van der Waals surface area contributed by atoms with Gasteiger partial charge in [0.25, 0.3) is 0 Å². The van der Waals surface area contributed by atoms with Crippen LogP contribution in [0.3, 0.4) is 0 Å². The Morgan fingerprint density at radius 3 is 2.19 bits per heavy atom. The molecule has 0 unspecified atom stereocenters. The highest BCUT2D eigenvalue weighted by Gasteiger charge is 2.15. The van der Waals surface area contributed by atoms with Gasteiger partial charge in [-0.3, -0.25) is 4.98 Å². The lowest BCUT2D eigenvalue weighted by molar-refractivity contribution is 0.422. The van der Waals surface area contributed by atoms with E-state index in [1.54, 1.807) is 6.20 Å². The smallest absolute Gasteiger partial charge is 0.178 e. The number of nitrogens with one attached hydrogen (secondary N) is 1. The zero-order valence-corrected chi connectivity index (χ0v) is 13.8. The minimum Gasteiger partial charge on any atom is -0.308 e. The van der Waals surface area contributed by atoms with Gasteiger partial charge in [0.05, 0.1) is 0 Å². The standard InChI is InChI=1S/C17H24N4/c1-11-8-7-9-18-15(11)16-20-12(2)14(13(3)21-16)10-19-17(4,5)6/h7-9,19H,10H2,1-6H3. The molecule has 4 heteroatoms. The van der Waals surface area contributed by atoms with Crippen molar-refractivity contribution in [2.24, 2.45) is 0 Å². The highest BCUT2D eigenvalue weighted by molar-refractivity contribution is 5.55. The predicted molar refractivity (Wildman–Crippen MR) is 86.1 cm³/mol. The van der Waals surface area contributed by atoms with Gasteiger partial charge in [0.1, 0.15) is 5.69 Å². The highest BCUT2D eigenvalue weighted by Crippen LogP contribution is 2.20. The fourth-order valence-electron chi connectivity index (χ4n) is 2.17. The van der Waals surface area contributed by atoms with Crippen molar-refractivity contribution in [3.8, 4) is 11.5 Å². The van der Waals surface area contributed by atoms with Crippen molar-refractivity contribution < 1.29 is 0 Å². The lowest BCUT2D eigenvalue weighted by Gasteiger charge is -2.22. The van der Waals surface area contributed by atoms with Crippen LogP contribution in [-0.2, 0) is 6.54 Å². The molecule has 0 atom stereocenters. The second kappa shape index (κ2) is 5.90. The van der Waals surface area contributed by atoms with Crippen LogP contribution in [-0.4, -0.2) is 20.5 Å². The number of pyridine rings is 1. The molecule has 0 aromatic carbocycles. The quantitative estimate of drug-likeness (QED) is 0.939. The largest absolute Gasteiger partial charge is 0.308 e. The Morgan fingerprint density at radius 1 is 1.05 bits per heavy atom. The molecule has 1 N–H and O–H groups in total. The van der Waals surface area contributed by atoms with Gasteiger partial charge < -0.3 is 5.32 Å². The normalized spacial score (nSPS) is 11.7. The van der Waals surface area contributed by atoms with Crippen LogP contribution >= 0.6 is 0 Å². The summed E-state index contributed by atoms with van der Waals surface area (Å²) in [6.07, 6.45) is 1.78. The van der Waals surface area contributed by atoms with Crippen LogP contribution in [0.25, 0.3) is 11.5 Å². The van der Waals surface area contributed by atoms with Gasteiger partial charge >= 0.3 is 0 Å². The summed E-state index contributed by atoms with van der Waals surface area (Å²) in [7, 11) is 0. The second-order valence-electron chi connectivity index (χ2n) is 6.47. The average Bonchev–Trinajstić information content (AvgIpc) is 2.36. The summed E-state index contributed by atoms with van der Waals surface area (Å²) in [5.41, 5.74) is 5.23. The molecular weight excluding hydrogens is 260 g/mol. The van der Waals surface area contributed by atoms with Crippen LogP contribution in [0, 0.1) is 20.8 Å². The van der Waals surface area contributed by atoms with Crippen LogP contribution in [0.1, 0.15) is 43.3 Å². The number of aromatic nitrogens is 3. The van der Waals surface area contributed by atoms with E-state index in [1.165, 1.54) is 5.56 Å². The Balaban J connectivity index is 2.36. The molecule has 0 saturated carbocycles. The maximum absolute atomic E-state index is 4.65. The third-order valence-electron chi connectivity index (χ3n) is 3.44. The fourth-order valence-corrected chi connectivity index (χ4v) is 2.17. The Morgan fingerprint density at radius 2 is 1.67 bits per heavy atom. The van der Waals surface area contributed by atoms with E-state index in [0.717, 1.165) is 29.2 Å². The summed E-state index contributed by atoms with van der Waals surface area (Å²) in [5, 5.41) is 3.49. The molecule has 2 aromatic heterocycles. The molecule has 21 heavy (non-hydrogen) atoms. The topological polar surface area (TPSA) is 50.7 Å². The Hall–Kier alpha value is -1.81. The molecule has 2 rings (SSSR count). The van der Waals surface area contributed by atoms with Gasteiger partial charge in [-0.05, 0) is 53.2 Å². The summed E-state index contributed by atoms with van der Waals surface area (Å²) >= 11 is 0. The van der Waals surface area contributed by atoms with Gasteiger partial charge in [-0.15, -0.1) is 0 Å². The van der Waals surface area contributed by atoms with Crippen LogP contribution in [0.4, 0.5) is 0 Å². The number of nitrogens with zero attached hydrogens (tertiary/aromatic N) is 3. The van der Waals surface area contributed by atoms with E-state index in [-0.39, 0.29) is 5.54 Å². The van der Waals surface area contributed by atoms with Crippen molar-refractivity contribution in [3.05, 3.63) is 40.8 Å². The first kappa shape index (κ1) is 15.6. The Bertz CT molecular complexity index is 618. The van der Waals surface area contributed by atoms with Crippen molar-refractivity contribution in [3.63, 3.8) is 0 Å². The minimum atomic E-state index is 0.0785. The molecule has 0 aliphatic carbocycles. The summed E-state index contributed by atoms with van der Waals surface area (Å²) in [4.78, 5) is 13.7. The molecule has 0 fully saturated rings. The van der Waals surface area contributed by atoms with Gasteiger partial charge in [-0.1, -0.05) is 6.07 Å². The molecule has 0 spiro atoms. The van der Waals surface area contributed by atoms with Gasteiger partial charge in [0, 0.05) is 35.2 Å². The molecule has 0 saturated heterocycles. The van der Waals surface area contributed by atoms with E-state index >= 15 is 0 Å². The van der Waals surface area contributed by atoms with Crippen molar-refractivity contribution in [1.82, 2.24) is 20.3 Å². The first-order valence-corrected chi connectivity index (χ1v) is 7.29. The molecule has 0 radical (unpaired) electrons. The molecule has 4 nitrogen and oxygen atoms in total. The molecule has 112 valence electrons. The first-order chi connectivity index (χ1) is 9.78. The number of hydrogen-bond donors (Lipinski definition) is 1. The van der Waals surface area contributed by atoms with Gasteiger partial charge in [0.2, 0.25) is 0 Å². The molecule has 0 bridgehead atoms. The van der Waals surface area contributed by atoms with Gasteiger partial charge in [-0.2, -0.15) is 0 Å². The van der Waals surface area contributed by atoms with Crippen LogP contribution in [0.15, 0.2) is 18.3 Å². The third-order valence-corrected chi connectivity index (χ3v) is 3.44. The van der Waals surface area contributed by atoms with Crippen molar-refractivity contribution in [2.75, 3.05) is 0 Å². The van der Waals surface area contributed by atoms with E-state index in [9.17, 15) is 0 Å². The molecule has 0 amide bonds. The summed E-state index contributed by atoms with van der Waals surface area (Å²) in [5.74, 6) is 0.711. The zero-order chi connectivity index (χ0) is 15.6. The number of rotatable bonds is 3. The maximum Gasteiger partial charge on any atom is 0.178 e. The molecular formula is C17H24N4. The predicted octanol–water partition coefficient (Wildman–Crippen LogP) is 3.35. The van der Waals surface area contributed by atoms with E-state index in [0.29, 0.717) is 5.82 Å². The minimum absolute atomic E-state index is 0.0785. The highest BCUT2D eigenvalue weighted by atomic mass is 15.0. The van der Waals surface area contributed by atoms with Gasteiger partial charge in [-0.25, -0.2) is 9.97 Å². The first-order valence-electron chi connectivity index (χ1n) is 7.29. The number of hydrogen-bond acceptors (Lipinski definition) is 4. The van der Waals surface area contributed by atoms with E-state index < -0.39 is 0 Å². The van der Waals surface area contributed by atoms with E-state index in [1.807, 2.05) is 32.9 Å². The third kappa shape index (κ3) is 3.85. The monoisotopic (exact) mass is 284 g/mol. The average molecular weight is 284 g/mol. The van der Waals surface area contributed by atoms with Gasteiger partial charge in [0.15, 0.2) is 5.82 Å². The lowest BCUT2D eigenvalue weighted by atomic mass is 10.1. The zero-order valence-electron chi connectivity index (χ0n) is 13.8. The molecule has 2 aromatic rings. The van der Waals surface area contributed by atoms with Crippen LogP contribution < -0.4 is 5.32 Å². The second-order valence-corrected chi connectivity index (χ2v) is 6.47. The summed E-state index contributed by atoms with van der Waals surface area (Å²) in [6.45, 7) is 13.4. The van der Waals surface area contributed by atoms with Crippen LogP contribution in [0.5, 0.6) is 0 Å². The number of aryl methyl sites for hydroxylation is 3. The van der Waals surface area contributed by atoms with Crippen LogP contribution in [0.2, 0.25) is 0 Å². The summed E-state index contributed by atoms with van der Waals surface area (Å²) in [6, 6.07) is 3.96. The van der Waals surface area contributed by atoms with Crippen molar-refractivity contribution >= 4 is 0 Å². The molecule has 0 aliphatic rings. The Labute approximate surface area is 127 Å². The van der Waals surface area contributed by atoms with E-state index in [4.69, 9.17) is 0 Å².